The number of benzene rings is 1. The van der Waals surface area contributed by atoms with E-state index in [4.69, 9.17) is 18.9 Å². The lowest BCUT2D eigenvalue weighted by Crippen LogP contribution is -2.70. The Morgan fingerprint density at radius 3 is 2.49 bits per heavy atom. The van der Waals surface area contributed by atoms with Crippen LogP contribution in [-0.2, 0) is 23.7 Å². The standard InChI is InChI=1S/C32H43NO8/c1-15-13-20-30(36)16(2)24(35)32(39-17(3)18-11-9-10-12-19(18)33-8)22(27(32,4)5)21(30)25-29(40-25)14-38-28(6,7)41-26(29)31(20,37)23(15)34/h9-13,16-17,20-22,24-26,33,35-37H,14H2,1-8H3/t16-,17?,20+,21-,22+,24-,25+,26-,29+,30+,31-,32-/m1/s1. The Balaban J connectivity index is 1.37. The second-order valence-electron chi connectivity index (χ2n) is 14.4. The minimum atomic E-state index is -2.07. The number of nitrogens with one attached hydrogen (secondary N) is 1. The third-order valence-electron chi connectivity index (χ3n) is 11.8. The first kappa shape index (κ1) is 28.0. The van der Waals surface area contributed by atoms with Crippen LogP contribution in [0, 0.1) is 29.1 Å². The van der Waals surface area contributed by atoms with Crippen LogP contribution in [0.2, 0.25) is 0 Å². The van der Waals surface area contributed by atoms with E-state index in [0.29, 0.717) is 5.57 Å². The minimum absolute atomic E-state index is 0.118. The van der Waals surface area contributed by atoms with Crippen LogP contribution in [0.3, 0.4) is 0 Å². The quantitative estimate of drug-likeness (QED) is 0.405. The highest BCUT2D eigenvalue weighted by Crippen LogP contribution is 2.80. The minimum Gasteiger partial charge on any atom is -0.390 e. The van der Waals surface area contributed by atoms with Crippen LogP contribution in [-0.4, -0.2) is 81.3 Å². The fourth-order valence-corrected chi connectivity index (χ4v) is 9.74. The van der Waals surface area contributed by atoms with E-state index in [-0.39, 0.29) is 18.6 Å². The Morgan fingerprint density at radius 2 is 1.80 bits per heavy atom. The molecule has 41 heavy (non-hydrogen) atoms. The molecule has 0 aromatic heterocycles. The van der Waals surface area contributed by atoms with Gasteiger partial charge in [0.15, 0.2) is 17.2 Å². The van der Waals surface area contributed by atoms with Crippen molar-refractivity contribution in [2.75, 3.05) is 19.0 Å². The van der Waals surface area contributed by atoms with Crippen LogP contribution in [0.4, 0.5) is 5.69 Å². The number of hydrogen-bond acceptors (Lipinski definition) is 9. The highest BCUT2D eigenvalue weighted by molar-refractivity contribution is 6.05. The maximum Gasteiger partial charge on any atom is 0.193 e. The average molecular weight is 570 g/mol. The fraction of sp³-hybridized carbons (Fsp3) is 0.719. The molecule has 1 unspecified atom stereocenters. The smallest absolute Gasteiger partial charge is 0.193 e. The Bertz CT molecular complexity index is 1360. The molecular formula is C32H43NO8. The second kappa shape index (κ2) is 8.00. The summed E-state index contributed by atoms with van der Waals surface area (Å²) in [5.41, 5.74) is -4.13. The van der Waals surface area contributed by atoms with Gasteiger partial charge in [-0.15, -0.1) is 0 Å². The molecule has 12 atom stereocenters. The van der Waals surface area contributed by atoms with Crippen molar-refractivity contribution >= 4 is 11.5 Å². The number of ketones is 1. The summed E-state index contributed by atoms with van der Waals surface area (Å²) in [4.78, 5) is 13.8. The van der Waals surface area contributed by atoms with E-state index in [0.717, 1.165) is 11.3 Å². The van der Waals surface area contributed by atoms with E-state index < -0.39 is 75.5 Å². The summed E-state index contributed by atoms with van der Waals surface area (Å²) < 4.78 is 25.9. The van der Waals surface area contributed by atoms with E-state index in [1.807, 2.05) is 38.2 Å². The monoisotopic (exact) mass is 569 g/mol. The largest absolute Gasteiger partial charge is 0.390 e. The Labute approximate surface area is 241 Å². The molecule has 6 aliphatic rings. The zero-order chi connectivity index (χ0) is 29.7. The Morgan fingerprint density at radius 1 is 1.12 bits per heavy atom. The molecule has 2 saturated heterocycles. The van der Waals surface area contributed by atoms with Crippen LogP contribution in [0.15, 0.2) is 35.9 Å². The average Bonchev–Trinajstić information content (AvgIpc) is 3.74. The first-order valence-electron chi connectivity index (χ1n) is 14.9. The number of fused-ring (bicyclic) bond motifs is 7. The molecule has 9 nitrogen and oxygen atoms in total. The predicted octanol–water partition coefficient (Wildman–Crippen LogP) is 2.74. The van der Waals surface area contributed by atoms with E-state index in [9.17, 15) is 20.1 Å². The second-order valence-corrected chi connectivity index (χ2v) is 14.4. The van der Waals surface area contributed by atoms with Gasteiger partial charge in [0.2, 0.25) is 0 Å². The van der Waals surface area contributed by atoms with Crippen molar-refractivity contribution in [1.29, 1.82) is 0 Å². The molecule has 4 aliphatic carbocycles. The third-order valence-corrected chi connectivity index (χ3v) is 11.8. The van der Waals surface area contributed by atoms with Gasteiger partial charge in [-0.1, -0.05) is 45.0 Å². The number of carbonyl (C=O) groups is 1. The molecule has 4 N–H and O–H groups in total. The molecule has 0 amide bonds. The lowest BCUT2D eigenvalue weighted by atomic mass is 9.58. The normalized spacial score (nSPS) is 50.7. The van der Waals surface area contributed by atoms with Gasteiger partial charge >= 0.3 is 0 Å². The zero-order valence-electron chi connectivity index (χ0n) is 25.1. The molecule has 3 saturated carbocycles. The van der Waals surface area contributed by atoms with E-state index in [1.165, 1.54) is 0 Å². The van der Waals surface area contributed by atoms with Gasteiger partial charge < -0.3 is 39.6 Å². The maximum absolute atomic E-state index is 13.8. The summed E-state index contributed by atoms with van der Waals surface area (Å²) in [5.74, 6) is -4.20. The number of carbonyl (C=O) groups excluding carboxylic acids is 1. The van der Waals surface area contributed by atoms with Crippen molar-refractivity contribution in [3.8, 4) is 0 Å². The molecule has 9 heteroatoms. The summed E-state index contributed by atoms with van der Waals surface area (Å²) in [5, 5.41) is 40.8. The topological polar surface area (TPSA) is 130 Å². The van der Waals surface area contributed by atoms with Gasteiger partial charge in [-0.05, 0) is 39.3 Å². The van der Waals surface area contributed by atoms with Gasteiger partial charge in [0, 0.05) is 47.4 Å². The van der Waals surface area contributed by atoms with E-state index in [2.05, 4.69) is 19.2 Å². The molecule has 2 aliphatic heterocycles. The first-order chi connectivity index (χ1) is 19.1. The zero-order valence-corrected chi connectivity index (χ0v) is 25.1. The van der Waals surface area contributed by atoms with Gasteiger partial charge in [-0.2, -0.15) is 0 Å². The van der Waals surface area contributed by atoms with Crippen LogP contribution in [0.1, 0.15) is 60.1 Å². The van der Waals surface area contributed by atoms with Crippen molar-refractivity contribution in [2.45, 2.75) is 101 Å². The number of aliphatic hydroxyl groups excluding tert-OH is 1. The van der Waals surface area contributed by atoms with Crippen molar-refractivity contribution in [3.05, 3.63) is 41.5 Å². The lowest BCUT2D eigenvalue weighted by molar-refractivity contribution is -0.330. The van der Waals surface area contributed by atoms with Crippen molar-refractivity contribution in [3.63, 3.8) is 0 Å². The molecule has 7 rings (SSSR count). The third kappa shape index (κ3) is 3.04. The number of rotatable bonds is 4. The number of anilines is 1. The van der Waals surface area contributed by atoms with Crippen LogP contribution < -0.4 is 5.32 Å². The van der Waals surface area contributed by atoms with Gasteiger partial charge in [-0.3, -0.25) is 4.79 Å². The molecule has 0 radical (unpaired) electrons. The summed E-state index contributed by atoms with van der Waals surface area (Å²) in [7, 11) is 1.87. The number of hydrogen-bond donors (Lipinski definition) is 4. The van der Waals surface area contributed by atoms with Crippen LogP contribution in [0.5, 0.6) is 0 Å². The fourth-order valence-electron chi connectivity index (χ4n) is 9.74. The lowest BCUT2D eigenvalue weighted by Gasteiger charge is -2.54. The molecule has 1 aromatic carbocycles. The molecule has 2 heterocycles. The Hall–Kier alpha value is -1.85. The highest BCUT2D eigenvalue weighted by atomic mass is 16.8. The number of aliphatic hydroxyl groups is 3. The van der Waals surface area contributed by atoms with Crippen molar-refractivity contribution < 1.29 is 39.1 Å². The summed E-state index contributed by atoms with van der Waals surface area (Å²) in [6.45, 7) is 13.2. The predicted molar refractivity (Wildman–Crippen MR) is 149 cm³/mol. The van der Waals surface area contributed by atoms with Crippen LogP contribution in [0.25, 0.3) is 0 Å². The molecular weight excluding hydrogens is 526 g/mol. The summed E-state index contributed by atoms with van der Waals surface area (Å²) in [6.07, 6.45) is -1.36. The highest BCUT2D eigenvalue weighted by Gasteiger charge is 2.92. The molecule has 224 valence electrons. The summed E-state index contributed by atoms with van der Waals surface area (Å²) in [6, 6.07) is 7.93. The van der Waals surface area contributed by atoms with Gasteiger partial charge in [0.25, 0.3) is 0 Å². The number of ether oxygens (including phenoxy) is 4. The number of para-hydroxylation sites is 1. The van der Waals surface area contributed by atoms with Gasteiger partial charge in [0.05, 0.1) is 30.5 Å². The molecule has 1 aromatic rings. The van der Waals surface area contributed by atoms with Gasteiger partial charge in [-0.25, -0.2) is 0 Å². The number of epoxide rings is 1. The van der Waals surface area contributed by atoms with Gasteiger partial charge in [0.1, 0.15) is 17.3 Å². The van der Waals surface area contributed by atoms with Crippen LogP contribution >= 0.6 is 0 Å². The molecule has 5 fully saturated rings. The van der Waals surface area contributed by atoms with Crippen molar-refractivity contribution in [1.82, 2.24) is 0 Å². The molecule has 1 spiro atoms. The first-order valence-corrected chi connectivity index (χ1v) is 14.9. The SMILES string of the molecule is CNc1ccccc1C(C)O[C@@]12[C@H](O)[C@@H](C)[C@@]3(O)[C@@H]([C@@H]4O[C@@]45COC(C)(C)O[C@H]5[C@]4(O)C(=O)C(C)=C[C@H]43)[C@H]1C2(C)C. The summed E-state index contributed by atoms with van der Waals surface area (Å²) >= 11 is 0. The Kier molecular flexibility index (Phi) is 5.45. The maximum atomic E-state index is 13.8. The van der Waals surface area contributed by atoms with E-state index >= 15 is 0 Å². The van der Waals surface area contributed by atoms with E-state index in [1.54, 1.807) is 33.8 Å². The number of Topliss-reactive ketones (excluding diaryl/α,β-unsaturated/α-hetero) is 1. The van der Waals surface area contributed by atoms with Crippen molar-refractivity contribution in [2.24, 2.45) is 29.1 Å². The molecule has 0 bridgehead atoms.